The summed E-state index contributed by atoms with van der Waals surface area (Å²) in [6, 6.07) is 18.6. The van der Waals surface area contributed by atoms with E-state index in [0.717, 1.165) is 31.6 Å². The fraction of sp³-hybridized carbons (Fsp3) is 0.594. The van der Waals surface area contributed by atoms with E-state index in [1.807, 2.05) is 31.2 Å². The molecule has 0 aromatic heterocycles. The minimum absolute atomic E-state index is 0.0152. The molecular weight excluding hydrogens is 446 g/mol. The second-order valence-corrected chi connectivity index (χ2v) is 10.8. The molecule has 200 valence electrons. The van der Waals surface area contributed by atoms with Gasteiger partial charge in [-0.05, 0) is 43.9 Å². The van der Waals surface area contributed by atoms with Gasteiger partial charge in [-0.3, -0.25) is 0 Å². The van der Waals surface area contributed by atoms with Gasteiger partial charge in [0.1, 0.15) is 12.3 Å². The molecule has 4 nitrogen and oxygen atoms in total. The maximum Gasteiger partial charge on any atom is 0.364 e. The standard InChI is InChI=1S/C32H50NO3/c1-6-8-9-10-11-13-18-28-21-16-22-30(25-28)36-27(3)23-24-35-32(34)31(17-7-2)33(4,5)26-29-19-14-12-15-20-29/h12,14-16,19-22,25,27,31H,6-11,13,17-18,23-24,26H2,1-5H3/q+1. The third-order valence-corrected chi connectivity index (χ3v) is 6.93. The van der Waals surface area contributed by atoms with E-state index < -0.39 is 0 Å². The fourth-order valence-corrected chi connectivity index (χ4v) is 4.79. The van der Waals surface area contributed by atoms with Gasteiger partial charge in [-0.1, -0.05) is 88.4 Å². The lowest BCUT2D eigenvalue weighted by atomic mass is 10.0. The molecule has 0 N–H and O–H groups in total. The summed E-state index contributed by atoms with van der Waals surface area (Å²) in [5.41, 5.74) is 2.57. The number of ether oxygens (including phenoxy) is 2. The predicted octanol–water partition coefficient (Wildman–Crippen LogP) is 7.74. The number of likely N-dealkylation sites (N-methyl/N-ethyl adjacent to an activating group) is 1. The number of carbonyl (C=O) groups excluding carboxylic acids is 1. The van der Waals surface area contributed by atoms with Crippen LogP contribution in [0.2, 0.25) is 0 Å². The Balaban J connectivity index is 1.78. The number of hydrogen-bond acceptors (Lipinski definition) is 3. The molecule has 2 rings (SSSR count). The van der Waals surface area contributed by atoms with E-state index in [-0.39, 0.29) is 18.1 Å². The summed E-state index contributed by atoms with van der Waals surface area (Å²) in [6.07, 6.45) is 11.4. The van der Waals surface area contributed by atoms with Crippen molar-refractivity contribution < 1.29 is 18.8 Å². The first-order chi connectivity index (χ1) is 17.4. The van der Waals surface area contributed by atoms with Crippen LogP contribution in [0.15, 0.2) is 54.6 Å². The third-order valence-electron chi connectivity index (χ3n) is 6.93. The first kappa shape index (κ1) is 29.9. The topological polar surface area (TPSA) is 35.5 Å². The number of quaternary nitrogens is 1. The van der Waals surface area contributed by atoms with Crippen LogP contribution < -0.4 is 4.74 Å². The molecule has 0 saturated heterocycles. The Morgan fingerprint density at radius 2 is 1.53 bits per heavy atom. The van der Waals surface area contributed by atoms with Gasteiger partial charge in [0.15, 0.2) is 6.04 Å². The van der Waals surface area contributed by atoms with E-state index in [4.69, 9.17) is 9.47 Å². The van der Waals surface area contributed by atoms with Crippen LogP contribution in [-0.4, -0.2) is 43.3 Å². The van der Waals surface area contributed by atoms with E-state index in [9.17, 15) is 4.79 Å². The van der Waals surface area contributed by atoms with Crippen LogP contribution in [0.25, 0.3) is 0 Å². The monoisotopic (exact) mass is 496 g/mol. The summed E-state index contributed by atoms with van der Waals surface area (Å²) < 4.78 is 12.5. The van der Waals surface area contributed by atoms with E-state index in [0.29, 0.717) is 17.5 Å². The number of aryl methyl sites for hydroxylation is 1. The summed E-state index contributed by atoms with van der Waals surface area (Å²) in [4.78, 5) is 13.1. The number of rotatable bonds is 18. The highest BCUT2D eigenvalue weighted by Crippen LogP contribution is 2.21. The smallest absolute Gasteiger partial charge is 0.364 e. The largest absolute Gasteiger partial charge is 0.491 e. The molecule has 0 aliphatic rings. The average Bonchev–Trinajstić information content (AvgIpc) is 2.85. The van der Waals surface area contributed by atoms with Crippen LogP contribution >= 0.6 is 0 Å². The summed E-state index contributed by atoms with van der Waals surface area (Å²) in [5.74, 6) is 0.799. The Bertz CT molecular complexity index is 865. The highest BCUT2D eigenvalue weighted by Gasteiger charge is 2.35. The highest BCUT2D eigenvalue weighted by atomic mass is 16.5. The van der Waals surface area contributed by atoms with Gasteiger partial charge in [0.05, 0.1) is 26.8 Å². The van der Waals surface area contributed by atoms with Crippen LogP contribution in [0.4, 0.5) is 0 Å². The molecule has 2 atom stereocenters. The van der Waals surface area contributed by atoms with Gasteiger partial charge in [-0.15, -0.1) is 0 Å². The van der Waals surface area contributed by atoms with Gasteiger partial charge in [-0.2, -0.15) is 0 Å². The number of esters is 1. The molecule has 2 aromatic rings. The minimum atomic E-state index is -0.176. The summed E-state index contributed by atoms with van der Waals surface area (Å²) in [5, 5.41) is 0. The normalized spacial score (nSPS) is 13.2. The van der Waals surface area contributed by atoms with Gasteiger partial charge in [0.2, 0.25) is 0 Å². The Morgan fingerprint density at radius 3 is 2.25 bits per heavy atom. The molecule has 0 radical (unpaired) electrons. The minimum Gasteiger partial charge on any atom is -0.491 e. The van der Waals surface area contributed by atoms with Gasteiger partial charge >= 0.3 is 5.97 Å². The molecule has 2 aromatic carbocycles. The van der Waals surface area contributed by atoms with Crippen molar-refractivity contribution in [3.63, 3.8) is 0 Å². The van der Waals surface area contributed by atoms with Crippen molar-refractivity contribution >= 4 is 5.97 Å². The maximum atomic E-state index is 13.1. The van der Waals surface area contributed by atoms with Crippen LogP contribution in [0.3, 0.4) is 0 Å². The SMILES string of the molecule is CCCCCCCCc1cccc(OC(C)CCOC(=O)C(CCC)[N+](C)(C)Cc2ccccc2)c1. The van der Waals surface area contributed by atoms with Gasteiger partial charge in [0, 0.05) is 18.4 Å². The second kappa shape index (κ2) is 16.4. The molecule has 4 heteroatoms. The lowest BCUT2D eigenvalue weighted by Crippen LogP contribution is -2.52. The zero-order valence-corrected chi connectivity index (χ0v) is 23.5. The first-order valence-electron chi connectivity index (χ1n) is 14.1. The highest BCUT2D eigenvalue weighted by molar-refractivity contribution is 5.74. The first-order valence-corrected chi connectivity index (χ1v) is 14.1. The quantitative estimate of drug-likeness (QED) is 0.120. The summed E-state index contributed by atoms with van der Waals surface area (Å²) >= 11 is 0. The van der Waals surface area contributed by atoms with Crippen LogP contribution in [-0.2, 0) is 22.5 Å². The molecule has 0 aliphatic heterocycles. The molecular formula is C32H50NO3+. The molecule has 0 saturated carbocycles. The number of benzene rings is 2. The Morgan fingerprint density at radius 1 is 0.833 bits per heavy atom. The average molecular weight is 497 g/mol. The predicted molar refractivity (Wildman–Crippen MR) is 150 cm³/mol. The molecule has 0 aliphatic carbocycles. The van der Waals surface area contributed by atoms with E-state index in [1.54, 1.807) is 0 Å². The number of hydrogen-bond donors (Lipinski definition) is 0. The van der Waals surface area contributed by atoms with Crippen molar-refractivity contribution in [2.24, 2.45) is 0 Å². The van der Waals surface area contributed by atoms with Crippen molar-refractivity contribution in [1.29, 1.82) is 0 Å². The number of carbonyl (C=O) groups is 1. The lowest BCUT2D eigenvalue weighted by molar-refractivity contribution is -0.920. The molecule has 0 bridgehead atoms. The van der Waals surface area contributed by atoms with Gasteiger partial charge in [-0.25, -0.2) is 4.79 Å². The molecule has 0 amide bonds. The maximum absolute atomic E-state index is 13.1. The van der Waals surface area contributed by atoms with Crippen molar-refractivity contribution in [3.05, 3.63) is 65.7 Å². The van der Waals surface area contributed by atoms with Crippen LogP contribution in [0.5, 0.6) is 5.75 Å². The molecule has 36 heavy (non-hydrogen) atoms. The van der Waals surface area contributed by atoms with E-state index in [1.165, 1.54) is 49.7 Å². The number of nitrogens with zero attached hydrogens (tertiary/aromatic N) is 1. The Hall–Kier alpha value is -2.33. The lowest BCUT2D eigenvalue weighted by Gasteiger charge is -2.36. The second-order valence-electron chi connectivity index (χ2n) is 10.8. The molecule has 2 unspecified atom stereocenters. The van der Waals surface area contributed by atoms with Crippen LogP contribution in [0.1, 0.15) is 89.7 Å². The fourth-order valence-electron chi connectivity index (χ4n) is 4.79. The van der Waals surface area contributed by atoms with Crippen molar-refractivity contribution in [1.82, 2.24) is 0 Å². The molecule has 0 fully saturated rings. The number of unbranched alkanes of at least 4 members (excludes halogenated alkanes) is 5. The van der Waals surface area contributed by atoms with Gasteiger partial charge in [0.25, 0.3) is 0 Å². The van der Waals surface area contributed by atoms with Gasteiger partial charge < -0.3 is 14.0 Å². The zero-order chi connectivity index (χ0) is 26.2. The summed E-state index contributed by atoms with van der Waals surface area (Å²) in [6.45, 7) is 7.61. The van der Waals surface area contributed by atoms with Crippen molar-refractivity contribution in [2.45, 2.75) is 104 Å². The Kier molecular flexibility index (Phi) is 13.6. The Labute approximate surface area is 220 Å². The van der Waals surface area contributed by atoms with E-state index in [2.05, 4.69) is 58.3 Å². The van der Waals surface area contributed by atoms with Crippen molar-refractivity contribution in [3.8, 4) is 5.75 Å². The zero-order valence-electron chi connectivity index (χ0n) is 23.5. The third kappa shape index (κ3) is 11.2. The van der Waals surface area contributed by atoms with Crippen molar-refractivity contribution in [2.75, 3.05) is 20.7 Å². The van der Waals surface area contributed by atoms with E-state index >= 15 is 0 Å². The van der Waals surface area contributed by atoms with Crippen LogP contribution in [0, 0.1) is 0 Å². The summed E-state index contributed by atoms with van der Waals surface area (Å²) in [7, 11) is 4.25. The molecule has 0 spiro atoms. The molecule has 0 heterocycles.